The van der Waals surface area contributed by atoms with Crippen molar-refractivity contribution in [3.05, 3.63) is 0 Å². The third-order valence-corrected chi connectivity index (χ3v) is 2.21. The molecule has 0 radical (unpaired) electrons. The van der Waals surface area contributed by atoms with Crippen molar-refractivity contribution in [2.24, 2.45) is 0 Å². The Kier molecular flexibility index (Phi) is 3.73. The number of ether oxygens (including phenoxy) is 2. The van der Waals surface area contributed by atoms with Gasteiger partial charge in [0.15, 0.2) is 0 Å². The lowest BCUT2D eigenvalue weighted by molar-refractivity contribution is -0.0846. The van der Waals surface area contributed by atoms with Gasteiger partial charge in [-0.1, -0.05) is 0 Å². The summed E-state index contributed by atoms with van der Waals surface area (Å²) >= 11 is 0. The zero-order chi connectivity index (χ0) is 9.03. The normalized spacial score (nSPS) is 25.6. The van der Waals surface area contributed by atoms with Crippen LogP contribution in [-0.2, 0) is 18.7 Å². The van der Waals surface area contributed by atoms with E-state index in [4.69, 9.17) is 20.2 Å². The average molecular weight is 216 g/mol. The largest absolute Gasteiger partial charge is 0.376 e. The minimum atomic E-state index is -3.64. The molecule has 0 aromatic carbocycles. The van der Waals surface area contributed by atoms with E-state index in [9.17, 15) is 8.42 Å². The molecule has 1 aliphatic heterocycles. The van der Waals surface area contributed by atoms with Crippen molar-refractivity contribution in [1.82, 2.24) is 4.72 Å². The molecule has 0 aromatic rings. The van der Waals surface area contributed by atoms with Crippen molar-refractivity contribution in [3.8, 4) is 0 Å². The second kappa shape index (κ2) is 4.38. The molecule has 1 atom stereocenters. The van der Waals surface area contributed by atoms with Crippen molar-refractivity contribution in [2.45, 2.75) is 6.10 Å². The molecule has 1 heterocycles. The fourth-order valence-electron chi connectivity index (χ4n) is 0.847. The summed E-state index contributed by atoms with van der Waals surface area (Å²) in [5.74, 6) is 0. The lowest BCUT2D eigenvalue weighted by Gasteiger charge is -2.22. The zero-order valence-corrected chi connectivity index (χ0v) is 7.90. The van der Waals surface area contributed by atoms with Gasteiger partial charge in [-0.3, -0.25) is 0 Å². The molecule has 1 aliphatic rings. The van der Waals surface area contributed by atoms with Crippen molar-refractivity contribution >= 4 is 19.9 Å². The summed E-state index contributed by atoms with van der Waals surface area (Å²) < 4.78 is 33.2. The third kappa shape index (κ3) is 4.22. The molecule has 1 fully saturated rings. The molecule has 1 N–H and O–H groups in total. The van der Waals surface area contributed by atoms with Crippen LogP contribution in [0.5, 0.6) is 0 Å². The highest BCUT2D eigenvalue weighted by molar-refractivity contribution is 8.12. The SMILES string of the molecule is O=S(=O)(Cl)NCC1COCCO1. The summed E-state index contributed by atoms with van der Waals surface area (Å²) in [4.78, 5) is 0. The smallest absolute Gasteiger partial charge is 0.297 e. The standard InChI is InChI=1S/C5H10ClNO4S/c6-12(8,9)7-3-5-4-10-1-2-11-5/h5,7H,1-4H2. The van der Waals surface area contributed by atoms with Crippen LogP contribution in [0.3, 0.4) is 0 Å². The van der Waals surface area contributed by atoms with Crippen LogP contribution in [0.2, 0.25) is 0 Å². The van der Waals surface area contributed by atoms with Crippen LogP contribution in [0.4, 0.5) is 0 Å². The molecule has 0 spiro atoms. The van der Waals surface area contributed by atoms with Gasteiger partial charge in [0.1, 0.15) is 0 Å². The van der Waals surface area contributed by atoms with Gasteiger partial charge in [-0.2, -0.15) is 13.1 Å². The first kappa shape index (κ1) is 10.2. The Hall–Kier alpha value is 0.120. The van der Waals surface area contributed by atoms with Gasteiger partial charge in [-0.05, 0) is 0 Å². The van der Waals surface area contributed by atoms with Crippen LogP contribution in [0.15, 0.2) is 0 Å². The summed E-state index contributed by atoms with van der Waals surface area (Å²) in [6.45, 7) is 1.62. The van der Waals surface area contributed by atoms with E-state index in [1.165, 1.54) is 0 Å². The molecule has 72 valence electrons. The van der Waals surface area contributed by atoms with Crippen LogP contribution < -0.4 is 4.72 Å². The highest BCUT2D eigenvalue weighted by Gasteiger charge is 2.16. The van der Waals surface area contributed by atoms with Crippen molar-refractivity contribution in [3.63, 3.8) is 0 Å². The Morgan fingerprint density at radius 2 is 2.25 bits per heavy atom. The zero-order valence-electron chi connectivity index (χ0n) is 6.32. The van der Waals surface area contributed by atoms with Gasteiger partial charge in [0.25, 0.3) is 9.24 Å². The Morgan fingerprint density at radius 1 is 1.50 bits per heavy atom. The maximum absolute atomic E-state index is 10.4. The highest BCUT2D eigenvalue weighted by Crippen LogP contribution is 2.00. The van der Waals surface area contributed by atoms with Gasteiger partial charge < -0.3 is 9.47 Å². The van der Waals surface area contributed by atoms with Gasteiger partial charge in [0.05, 0.1) is 25.9 Å². The van der Waals surface area contributed by atoms with E-state index in [0.29, 0.717) is 19.8 Å². The maximum Gasteiger partial charge on any atom is 0.297 e. The number of hydrogen-bond acceptors (Lipinski definition) is 4. The van der Waals surface area contributed by atoms with E-state index in [1.54, 1.807) is 0 Å². The summed E-state index contributed by atoms with van der Waals surface area (Å²) in [6.07, 6.45) is -0.229. The molecule has 0 saturated carbocycles. The number of halogens is 1. The number of rotatable bonds is 3. The predicted molar refractivity (Wildman–Crippen MR) is 43.3 cm³/mol. The van der Waals surface area contributed by atoms with Crippen LogP contribution >= 0.6 is 10.7 Å². The predicted octanol–water partition coefficient (Wildman–Crippen LogP) is -0.525. The summed E-state index contributed by atoms with van der Waals surface area (Å²) in [5, 5.41) is 0. The fourth-order valence-corrected chi connectivity index (χ4v) is 1.42. The number of nitrogens with one attached hydrogen (secondary N) is 1. The third-order valence-electron chi connectivity index (χ3n) is 1.37. The molecule has 7 heteroatoms. The topological polar surface area (TPSA) is 64.6 Å². The fraction of sp³-hybridized carbons (Fsp3) is 1.00. The van der Waals surface area contributed by atoms with Gasteiger partial charge in [0.2, 0.25) is 0 Å². The first-order valence-corrected chi connectivity index (χ1v) is 5.77. The second-order valence-electron chi connectivity index (χ2n) is 2.35. The van der Waals surface area contributed by atoms with E-state index in [0.717, 1.165) is 0 Å². The van der Waals surface area contributed by atoms with Crippen molar-refractivity contribution in [2.75, 3.05) is 26.4 Å². The first-order valence-electron chi connectivity index (χ1n) is 3.46. The highest BCUT2D eigenvalue weighted by atomic mass is 35.7. The molecule has 1 unspecified atom stereocenters. The Bertz CT molecular complexity index is 224. The van der Waals surface area contributed by atoms with Gasteiger partial charge in [0, 0.05) is 17.2 Å². The second-order valence-corrected chi connectivity index (χ2v) is 4.74. The van der Waals surface area contributed by atoms with E-state index in [-0.39, 0.29) is 12.6 Å². The minimum Gasteiger partial charge on any atom is -0.376 e. The van der Waals surface area contributed by atoms with E-state index in [2.05, 4.69) is 4.72 Å². The summed E-state index contributed by atoms with van der Waals surface area (Å²) in [5.41, 5.74) is 0. The van der Waals surface area contributed by atoms with Gasteiger partial charge >= 0.3 is 0 Å². The molecule has 0 amide bonds. The molecule has 5 nitrogen and oxygen atoms in total. The van der Waals surface area contributed by atoms with Crippen LogP contribution in [-0.4, -0.2) is 40.9 Å². The van der Waals surface area contributed by atoms with Crippen molar-refractivity contribution < 1.29 is 17.9 Å². The Morgan fingerprint density at radius 3 is 2.75 bits per heavy atom. The van der Waals surface area contributed by atoms with Gasteiger partial charge in [-0.25, -0.2) is 0 Å². The first-order chi connectivity index (χ1) is 5.58. The molecule has 1 saturated heterocycles. The Labute approximate surface area is 75.5 Å². The van der Waals surface area contributed by atoms with E-state index < -0.39 is 9.24 Å². The Balaban J connectivity index is 2.22. The lowest BCUT2D eigenvalue weighted by Crippen LogP contribution is -2.38. The molecular formula is C5H10ClNO4S. The van der Waals surface area contributed by atoms with Crippen LogP contribution in [0.1, 0.15) is 0 Å². The molecule has 1 rings (SSSR count). The quantitative estimate of drug-likeness (QED) is 0.644. The monoisotopic (exact) mass is 215 g/mol. The number of hydrogen-bond donors (Lipinski definition) is 1. The molecule has 0 bridgehead atoms. The molecule has 0 aromatic heterocycles. The van der Waals surface area contributed by atoms with Crippen LogP contribution in [0.25, 0.3) is 0 Å². The molecular weight excluding hydrogens is 206 g/mol. The van der Waals surface area contributed by atoms with Crippen molar-refractivity contribution in [1.29, 1.82) is 0 Å². The lowest BCUT2D eigenvalue weighted by atomic mass is 10.3. The van der Waals surface area contributed by atoms with Gasteiger partial charge in [-0.15, -0.1) is 0 Å². The van der Waals surface area contributed by atoms with Crippen LogP contribution in [0, 0.1) is 0 Å². The van der Waals surface area contributed by atoms with E-state index in [1.807, 2.05) is 0 Å². The molecule has 12 heavy (non-hydrogen) atoms. The summed E-state index contributed by atoms with van der Waals surface area (Å²) in [7, 11) is 1.28. The summed E-state index contributed by atoms with van der Waals surface area (Å²) in [6, 6.07) is 0. The average Bonchev–Trinajstić information content (AvgIpc) is 2.02. The minimum absolute atomic E-state index is 0.159. The maximum atomic E-state index is 10.4. The van der Waals surface area contributed by atoms with E-state index >= 15 is 0 Å². The molecule has 0 aliphatic carbocycles.